The summed E-state index contributed by atoms with van der Waals surface area (Å²) in [6.07, 6.45) is 0. The summed E-state index contributed by atoms with van der Waals surface area (Å²) < 4.78 is 18.5. The molecule has 0 radical (unpaired) electrons. The first-order valence-electron chi connectivity index (χ1n) is 6.40. The number of nitrogens with one attached hydrogen (secondary N) is 1. The van der Waals surface area contributed by atoms with Crippen LogP contribution in [-0.2, 0) is 6.54 Å². The van der Waals surface area contributed by atoms with Crippen molar-refractivity contribution in [2.75, 3.05) is 0 Å². The van der Waals surface area contributed by atoms with Crippen molar-refractivity contribution in [3.8, 4) is 10.8 Å². The predicted molar refractivity (Wildman–Crippen MR) is 77.7 cm³/mol. The second-order valence-electron chi connectivity index (χ2n) is 4.46. The number of carbonyl (C=O) groups is 1. The van der Waals surface area contributed by atoms with Gasteiger partial charge in [0.15, 0.2) is 0 Å². The van der Waals surface area contributed by atoms with Gasteiger partial charge in [-0.25, -0.2) is 9.37 Å². The molecular formula is C14H11FN4O2S. The van der Waals surface area contributed by atoms with Gasteiger partial charge in [0.05, 0.1) is 17.7 Å². The number of halogens is 1. The second kappa shape index (κ2) is 6.02. The molecule has 0 saturated heterocycles. The van der Waals surface area contributed by atoms with E-state index < -0.39 is 11.7 Å². The maximum atomic E-state index is 13.1. The molecule has 1 amide bonds. The Labute approximate surface area is 129 Å². The van der Waals surface area contributed by atoms with Crippen LogP contribution in [0.2, 0.25) is 0 Å². The lowest BCUT2D eigenvalue weighted by atomic mass is 10.2. The average molecular weight is 318 g/mol. The van der Waals surface area contributed by atoms with Crippen LogP contribution < -0.4 is 5.32 Å². The number of hydrogen-bond donors (Lipinski definition) is 1. The smallest absolute Gasteiger partial charge is 0.259 e. The minimum Gasteiger partial charge on any atom is -0.418 e. The third kappa shape index (κ3) is 3.01. The van der Waals surface area contributed by atoms with Crippen LogP contribution in [-0.4, -0.2) is 21.1 Å². The molecule has 0 saturated carbocycles. The zero-order valence-corrected chi connectivity index (χ0v) is 12.4. The third-order valence-corrected chi connectivity index (χ3v) is 3.81. The van der Waals surface area contributed by atoms with E-state index in [2.05, 4.69) is 20.5 Å². The van der Waals surface area contributed by atoms with E-state index in [4.69, 9.17) is 4.42 Å². The van der Waals surface area contributed by atoms with Crippen LogP contribution in [0.4, 0.5) is 4.39 Å². The minimum atomic E-state index is -0.464. The van der Waals surface area contributed by atoms with Gasteiger partial charge in [-0.2, -0.15) is 0 Å². The molecule has 22 heavy (non-hydrogen) atoms. The van der Waals surface area contributed by atoms with Crippen molar-refractivity contribution in [1.29, 1.82) is 0 Å². The Morgan fingerprint density at radius 3 is 3.00 bits per heavy atom. The lowest BCUT2D eigenvalue weighted by molar-refractivity contribution is 0.0947. The number of benzene rings is 1. The number of carbonyl (C=O) groups excluding carboxylic acids is 1. The Morgan fingerprint density at radius 2 is 2.27 bits per heavy atom. The quantitative estimate of drug-likeness (QED) is 0.799. The maximum absolute atomic E-state index is 13.1. The summed E-state index contributed by atoms with van der Waals surface area (Å²) in [5, 5.41) is 10.4. The van der Waals surface area contributed by atoms with E-state index in [0.29, 0.717) is 5.89 Å². The first-order valence-corrected chi connectivity index (χ1v) is 7.28. The van der Waals surface area contributed by atoms with Crippen molar-refractivity contribution in [3.05, 3.63) is 52.7 Å². The lowest BCUT2D eigenvalue weighted by Gasteiger charge is -2.02. The molecule has 3 rings (SSSR count). The zero-order chi connectivity index (χ0) is 15.5. The van der Waals surface area contributed by atoms with Crippen molar-refractivity contribution in [2.45, 2.75) is 13.5 Å². The van der Waals surface area contributed by atoms with Gasteiger partial charge in [0.25, 0.3) is 11.8 Å². The van der Waals surface area contributed by atoms with Crippen LogP contribution in [0.3, 0.4) is 0 Å². The number of amides is 1. The molecule has 1 aromatic carbocycles. The zero-order valence-electron chi connectivity index (χ0n) is 11.5. The van der Waals surface area contributed by atoms with E-state index in [1.54, 1.807) is 5.51 Å². The van der Waals surface area contributed by atoms with Gasteiger partial charge in [-0.3, -0.25) is 4.79 Å². The molecule has 6 nitrogen and oxygen atoms in total. The van der Waals surface area contributed by atoms with Gasteiger partial charge in [0.1, 0.15) is 10.7 Å². The predicted octanol–water partition coefficient (Wildman–Crippen LogP) is 2.57. The number of nitrogens with zero attached hydrogens (tertiary/aromatic N) is 3. The fraction of sp³-hybridized carbons (Fsp3) is 0.143. The van der Waals surface area contributed by atoms with Gasteiger partial charge in [-0.1, -0.05) is 6.07 Å². The first kappa shape index (κ1) is 14.3. The summed E-state index contributed by atoms with van der Waals surface area (Å²) in [4.78, 5) is 16.8. The van der Waals surface area contributed by atoms with Crippen molar-refractivity contribution in [3.63, 3.8) is 0 Å². The molecule has 0 spiro atoms. The molecule has 0 atom stereocenters. The van der Waals surface area contributed by atoms with E-state index in [-0.39, 0.29) is 18.0 Å². The Hall–Kier alpha value is -2.61. The number of hydrogen-bond acceptors (Lipinski definition) is 6. The van der Waals surface area contributed by atoms with Crippen LogP contribution >= 0.6 is 11.3 Å². The van der Waals surface area contributed by atoms with Crippen LogP contribution in [0.25, 0.3) is 10.8 Å². The molecule has 112 valence electrons. The minimum absolute atomic E-state index is 0.0696. The summed E-state index contributed by atoms with van der Waals surface area (Å²) >= 11 is 1.40. The highest BCUT2D eigenvalue weighted by Gasteiger charge is 2.14. The van der Waals surface area contributed by atoms with E-state index in [0.717, 1.165) is 16.6 Å². The van der Waals surface area contributed by atoms with Gasteiger partial charge < -0.3 is 9.73 Å². The monoisotopic (exact) mass is 318 g/mol. The Balaban J connectivity index is 1.66. The highest BCUT2D eigenvalue weighted by atomic mass is 32.1. The molecule has 0 fully saturated rings. The standard InChI is InChI=1S/C14H11FN4O2S/c1-8-12(22-7-17-8)14-19-18-11(21-14)6-16-13(20)9-3-2-4-10(15)5-9/h2-5,7H,6H2,1H3,(H,16,20). The van der Waals surface area contributed by atoms with Crippen LogP contribution in [0.5, 0.6) is 0 Å². The molecule has 2 heterocycles. The number of aryl methyl sites for hydroxylation is 1. The molecule has 0 aliphatic rings. The summed E-state index contributed by atoms with van der Waals surface area (Å²) in [6, 6.07) is 5.44. The van der Waals surface area contributed by atoms with Crippen molar-refractivity contribution in [1.82, 2.24) is 20.5 Å². The fourth-order valence-electron chi connectivity index (χ4n) is 1.81. The molecule has 0 unspecified atom stereocenters. The van der Waals surface area contributed by atoms with Gasteiger partial charge >= 0.3 is 0 Å². The maximum Gasteiger partial charge on any atom is 0.259 e. The average Bonchev–Trinajstić information content (AvgIpc) is 3.13. The molecule has 0 aliphatic heterocycles. The van der Waals surface area contributed by atoms with E-state index in [1.807, 2.05) is 6.92 Å². The van der Waals surface area contributed by atoms with Crippen LogP contribution in [0.15, 0.2) is 34.2 Å². The first-order chi connectivity index (χ1) is 10.6. The molecule has 0 bridgehead atoms. The Morgan fingerprint density at radius 1 is 1.41 bits per heavy atom. The van der Waals surface area contributed by atoms with Crippen molar-refractivity contribution in [2.24, 2.45) is 0 Å². The third-order valence-electron chi connectivity index (χ3n) is 2.89. The molecule has 3 aromatic rings. The van der Waals surface area contributed by atoms with Crippen LogP contribution in [0, 0.1) is 12.7 Å². The van der Waals surface area contributed by atoms with Crippen LogP contribution in [0.1, 0.15) is 21.9 Å². The summed E-state index contributed by atoms with van der Waals surface area (Å²) in [7, 11) is 0. The van der Waals surface area contributed by atoms with Crippen molar-refractivity contribution < 1.29 is 13.6 Å². The number of thiazole rings is 1. The summed E-state index contributed by atoms with van der Waals surface area (Å²) in [5.74, 6) is -0.232. The molecule has 1 N–H and O–H groups in total. The van der Waals surface area contributed by atoms with E-state index in [9.17, 15) is 9.18 Å². The van der Waals surface area contributed by atoms with E-state index >= 15 is 0 Å². The van der Waals surface area contributed by atoms with Gasteiger partial charge in [-0.05, 0) is 25.1 Å². The summed E-state index contributed by atoms with van der Waals surface area (Å²) in [6.45, 7) is 1.92. The van der Waals surface area contributed by atoms with E-state index in [1.165, 1.54) is 29.5 Å². The largest absolute Gasteiger partial charge is 0.418 e. The lowest BCUT2D eigenvalue weighted by Crippen LogP contribution is -2.23. The number of aromatic nitrogens is 3. The van der Waals surface area contributed by atoms with Gasteiger partial charge in [0.2, 0.25) is 5.89 Å². The topological polar surface area (TPSA) is 80.9 Å². The Kier molecular flexibility index (Phi) is 3.92. The highest BCUT2D eigenvalue weighted by molar-refractivity contribution is 7.13. The van der Waals surface area contributed by atoms with Gasteiger partial charge in [0, 0.05) is 5.56 Å². The van der Waals surface area contributed by atoms with Gasteiger partial charge in [-0.15, -0.1) is 21.5 Å². The number of rotatable bonds is 4. The summed E-state index contributed by atoms with van der Waals surface area (Å²) in [5.41, 5.74) is 2.74. The molecule has 8 heteroatoms. The SMILES string of the molecule is Cc1ncsc1-c1nnc(CNC(=O)c2cccc(F)c2)o1. The molecule has 2 aromatic heterocycles. The molecule has 0 aliphatic carbocycles. The molecular weight excluding hydrogens is 307 g/mol. The normalized spacial score (nSPS) is 10.6. The highest BCUT2D eigenvalue weighted by Crippen LogP contribution is 2.25. The fourth-order valence-corrected chi connectivity index (χ4v) is 2.53. The van der Waals surface area contributed by atoms with Crippen molar-refractivity contribution >= 4 is 17.2 Å². The Bertz CT molecular complexity index is 815. The second-order valence-corrected chi connectivity index (χ2v) is 5.32.